The molecular formula is C18H20N2O3. The summed E-state index contributed by atoms with van der Waals surface area (Å²) in [5, 5.41) is 21.1. The first-order chi connectivity index (χ1) is 11.0. The van der Waals surface area contributed by atoms with E-state index in [1.165, 1.54) is 6.92 Å². The molecular weight excluding hydrogens is 292 g/mol. The van der Waals surface area contributed by atoms with Gasteiger partial charge in [-0.3, -0.25) is 4.79 Å². The first-order valence-electron chi connectivity index (χ1n) is 7.28. The lowest BCUT2D eigenvalue weighted by atomic mass is 9.96. The summed E-state index contributed by atoms with van der Waals surface area (Å²) in [5.74, 6) is 0.562. The highest BCUT2D eigenvalue weighted by molar-refractivity contribution is 5.99. The van der Waals surface area contributed by atoms with Crippen molar-refractivity contribution >= 4 is 11.6 Å². The summed E-state index contributed by atoms with van der Waals surface area (Å²) >= 11 is 0. The van der Waals surface area contributed by atoms with Gasteiger partial charge in [0.2, 0.25) is 5.91 Å². The lowest BCUT2D eigenvalue weighted by Gasteiger charge is -2.20. The maximum absolute atomic E-state index is 11.5. The van der Waals surface area contributed by atoms with Gasteiger partial charge in [-0.1, -0.05) is 30.3 Å². The van der Waals surface area contributed by atoms with Crippen LogP contribution in [0.25, 0.3) is 0 Å². The van der Waals surface area contributed by atoms with Crippen LogP contribution in [0.4, 0.5) is 0 Å². The molecule has 5 heteroatoms. The number of nitrogens with one attached hydrogen (secondary N) is 2. The van der Waals surface area contributed by atoms with E-state index < -0.39 is 6.04 Å². The number of carbonyl (C=O) groups excluding carboxylic acids is 1. The average molecular weight is 312 g/mol. The molecule has 2 aromatic carbocycles. The van der Waals surface area contributed by atoms with Crippen molar-refractivity contribution in [3.63, 3.8) is 0 Å². The van der Waals surface area contributed by atoms with Gasteiger partial charge < -0.3 is 20.6 Å². The van der Waals surface area contributed by atoms with Crippen molar-refractivity contribution in [2.45, 2.75) is 19.4 Å². The van der Waals surface area contributed by atoms with E-state index in [9.17, 15) is 9.90 Å². The van der Waals surface area contributed by atoms with E-state index in [-0.39, 0.29) is 18.1 Å². The third-order valence-electron chi connectivity index (χ3n) is 3.52. The van der Waals surface area contributed by atoms with Gasteiger partial charge in [0, 0.05) is 24.6 Å². The van der Waals surface area contributed by atoms with Crippen LogP contribution in [-0.4, -0.2) is 23.8 Å². The van der Waals surface area contributed by atoms with Crippen LogP contribution in [0, 0.1) is 5.41 Å². The van der Waals surface area contributed by atoms with E-state index in [0.29, 0.717) is 17.0 Å². The number of phenols is 1. The first-order valence-corrected chi connectivity index (χ1v) is 7.28. The smallest absolute Gasteiger partial charge is 0.217 e. The van der Waals surface area contributed by atoms with Crippen molar-refractivity contribution in [1.29, 1.82) is 5.41 Å². The summed E-state index contributed by atoms with van der Waals surface area (Å²) in [4.78, 5) is 11.5. The SMILES string of the molecule is COc1cccc(C(=N)CC(NC(C)=O)c2ccccc2O)c1. The van der Waals surface area contributed by atoms with Gasteiger partial charge in [-0.2, -0.15) is 0 Å². The zero-order chi connectivity index (χ0) is 16.8. The molecule has 0 heterocycles. The minimum absolute atomic E-state index is 0.102. The number of hydrogen-bond acceptors (Lipinski definition) is 4. The second kappa shape index (κ2) is 7.45. The van der Waals surface area contributed by atoms with Gasteiger partial charge in [0.15, 0.2) is 0 Å². The second-order valence-electron chi connectivity index (χ2n) is 5.23. The molecule has 1 unspecified atom stereocenters. The summed E-state index contributed by atoms with van der Waals surface area (Å²) in [6.07, 6.45) is 0.268. The number of phenolic OH excluding ortho intramolecular Hbond substituents is 1. The molecule has 3 N–H and O–H groups in total. The van der Waals surface area contributed by atoms with Gasteiger partial charge in [-0.15, -0.1) is 0 Å². The number of ether oxygens (including phenoxy) is 1. The molecule has 120 valence electrons. The number of aromatic hydroxyl groups is 1. The lowest BCUT2D eigenvalue weighted by molar-refractivity contribution is -0.119. The highest BCUT2D eigenvalue weighted by Gasteiger charge is 2.19. The fourth-order valence-corrected chi connectivity index (χ4v) is 2.40. The van der Waals surface area contributed by atoms with Crippen molar-refractivity contribution in [1.82, 2.24) is 5.32 Å². The topological polar surface area (TPSA) is 82.4 Å². The monoisotopic (exact) mass is 312 g/mol. The molecule has 0 spiro atoms. The normalized spacial score (nSPS) is 11.6. The third kappa shape index (κ3) is 4.32. The number of hydrogen-bond donors (Lipinski definition) is 3. The molecule has 23 heavy (non-hydrogen) atoms. The van der Waals surface area contributed by atoms with Crippen molar-refractivity contribution in [3.8, 4) is 11.5 Å². The van der Waals surface area contributed by atoms with Crippen LogP contribution in [0.3, 0.4) is 0 Å². The maximum Gasteiger partial charge on any atom is 0.217 e. The summed E-state index contributed by atoms with van der Waals surface area (Å²) in [6.45, 7) is 1.42. The number of benzene rings is 2. The van der Waals surface area contributed by atoms with Gasteiger partial charge >= 0.3 is 0 Å². The van der Waals surface area contributed by atoms with Crippen molar-refractivity contribution in [2.75, 3.05) is 7.11 Å². The van der Waals surface area contributed by atoms with Crippen molar-refractivity contribution in [2.24, 2.45) is 0 Å². The number of para-hydroxylation sites is 1. The Morgan fingerprint density at radius 3 is 2.65 bits per heavy atom. The van der Waals surface area contributed by atoms with Crippen LogP contribution in [-0.2, 0) is 4.79 Å². The third-order valence-corrected chi connectivity index (χ3v) is 3.52. The number of carbonyl (C=O) groups is 1. The van der Waals surface area contributed by atoms with E-state index >= 15 is 0 Å². The Balaban J connectivity index is 2.25. The van der Waals surface area contributed by atoms with Crippen molar-refractivity contribution < 1.29 is 14.6 Å². The van der Waals surface area contributed by atoms with Gasteiger partial charge in [0.05, 0.1) is 13.2 Å². The van der Waals surface area contributed by atoms with E-state index in [2.05, 4.69) is 5.32 Å². The van der Waals surface area contributed by atoms with Crippen LogP contribution in [0.1, 0.15) is 30.5 Å². The first kappa shape index (κ1) is 16.5. The van der Waals surface area contributed by atoms with Crippen LogP contribution < -0.4 is 10.1 Å². The molecule has 0 saturated heterocycles. The molecule has 0 aliphatic rings. The molecule has 0 aliphatic heterocycles. The Labute approximate surface area is 135 Å². The molecule has 0 bridgehead atoms. The highest BCUT2D eigenvalue weighted by atomic mass is 16.5. The maximum atomic E-state index is 11.5. The average Bonchev–Trinajstić information content (AvgIpc) is 2.54. The molecule has 2 aromatic rings. The fourth-order valence-electron chi connectivity index (χ4n) is 2.40. The number of methoxy groups -OCH3 is 1. The Morgan fingerprint density at radius 2 is 2.00 bits per heavy atom. The minimum atomic E-state index is -0.465. The molecule has 2 rings (SSSR count). The molecule has 1 amide bonds. The zero-order valence-electron chi connectivity index (χ0n) is 13.2. The molecule has 0 fully saturated rings. The van der Waals surface area contributed by atoms with E-state index in [0.717, 1.165) is 5.56 Å². The van der Waals surface area contributed by atoms with Gasteiger partial charge in [0.1, 0.15) is 11.5 Å². The fraction of sp³-hybridized carbons (Fsp3) is 0.222. The predicted octanol–water partition coefficient (Wildman–Crippen LogP) is 3.04. The molecule has 0 aliphatic carbocycles. The zero-order valence-corrected chi connectivity index (χ0v) is 13.2. The van der Waals surface area contributed by atoms with E-state index in [1.807, 2.05) is 18.2 Å². The molecule has 0 saturated carbocycles. The summed E-state index contributed by atoms with van der Waals surface area (Å²) in [7, 11) is 1.57. The standard InChI is InChI=1S/C18H20N2O3/c1-12(21)20-17(15-8-3-4-9-18(15)22)11-16(19)13-6-5-7-14(10-13)23-2/h3-10,17,19,22H,11H2,1-2H3,(H,20,21). The second-order valence-corrected chi connectivity index (χ2v) is 5.23. The summed E-state index contributed by atoms with van der Waals surface area (Å²) in [6, 6.07) is 13.6. The van der Waals surface area contributed by atoms with Crippen LogP contribution in [0.2, 0.25) is 0 Å². The number of rotatable bonds is 6. The number of amides is 1. The van der Waals surface area contributed by atoms with E-state index in [4.69, 9.17) is 10.1 Å². The van der Waals surface area contributed by atoms with Crippen molar-refractivity contribution in [3.05, 3.63) is 59.7 Å². The van der Waals surface area contributed by atoms with Crippen LogP contribution in [0.5, 0.6) is 11.5 Å². The largest absolute Gasteiger partial charge is 0.508 e. The molecule has 5 nitrogen and oxygen atoms in total. The van der Waals surface area contributed by atoms with Crippen LogP contribution >= 0.6 is 0 Å². The van der Waals surface area contributed by atoms with E-state index in [1.54, 1.807) is 37.4 Å². The predicted molar refractivity (Wildman–Crippen MR) is 89.1 cm³/mol. The molecule has 1 atom stereocenters. The summed E-state index contributed by atoms with van der Waals surface area (Å²) in [5.41, 5.74) is 1.66. The van der Waals surface area contributed by atoms with Crippen LogP contribution in [0.15, 0.2) is 48.5 Å². The van der Waals surface area contributed by atoms with Gasteiger partial charge in [-0.05, 0) is 23.8 Å². The van der Waals surface area contributed by atoms with Gasteiger partial charge in [-0.25, -0.2) is 0 Å². The quantitative estimate of drug-likeness (QED) is 0.717. The lowest BCUT2D eigenvalue weighted by Crippen LogP contribution is -2.28. The molecule has 0 radical (unpaired) electrons. The minimum Gasteiger partial charge on any atom is -0.508 e. The Bertz CT molecular complexity index is 713. The Kier molecular flexibility index (Phi) is 5.36. The Morgan fingerprint density at radius 1 is 1.26 bits per heavy atom. The van der Waals surface area contributed by atoms with Gasteiger partial charge in [0.25, 0.3) is 0 Å². The highest BCUT2D eigenvalue weighted by Crippen LogP contribution is 2.27. The Hall–Kier alpha value is -2.82. The molecule has 0 aromatic heterocycles. The summed E-state index contributed by atoms with van der Waals surface area (Å²) < 4.78 is 5.17.